The lowest BCUT2D eigenvalue weighted by molar-refractivity contribution is -0.0141. The average molecular weight is 723 g/mol. The van der Waals surface area contributed by atoms with E-state index in [1.54, 1.807) is 42.1 Å². The SMILES string of the molecule is CC(C)(C)OC(=O)N1CC[C@H]1COc1cncc([C@H]2C[C@@H]2COc2cccnc2)c1.c1cncc(OC[C@H]2C[C@@H]2c2cncc(OC[C@@H]3CCN3)c2)c1. The van der Waals surface area contributed by atoms with Gasteiger partial charge in [-0.1, -0.05) is 0 Å². The Morgan fingerprint density at radius 2 is 1.25 bits per heavy atom. The predicted octanol–water partition coefficient (Wildman–Crippen LogP) is 6.45. The molecule has 4 aromatic rings. The third-order valence-electron chi connectivity index (χ3n) is 9.96. The highest BCUT2D eigenvalue weighted by atomic mass is 16.6. The van der Waals surface area contributed by atoms with Crippen LogP contribution in [0, 0.1) is 11.8 Å². The summed E-state index contributed by atoms with van der Waals surface area (Å²) in [5.41, 5.74) is 1.94. The molecule has 1 N–H and O–H groups in total. The molecule has 2 aliphatic heterocycles. The van der Waals surface area contributed by atoms with Crippen LogP contribution in [0.3, 0.4) is 0 Å². The normalized spacial score (nSPS) is 23.9. The Hall–Kier alpha value is -4.97. The number of carbonyl (C=O) groups excluding carboxylic acids is 1. The highest BCUT2D eigenvalue weighted by Crippen LogP contribution is 2.49. The topological polar surface area (TPSA) is 130 Å². The first-order valence-corrected chi connectivity index (χ1v) is 18.7. The van der Waals surface area contributed by atoms with E-state index in [0.29, 0.717) is 49.5 Å². The van der Waals surface area contributed by atoms with E-state index in [0.717, 1.165) is 62.0 Å². The minimum Gasteiger partial charge on any atom is -0.492 e. The van der Waals surface area contributed by atoms with Gasteiger partial charge in [0, 0.05) is 49.2 Å². The van der Waals surface area contributed by atoms with Crippen molar-refractivity contribution in [2.24, 2.45) is 11.8 Å². The molecule has 0 spiro atoms. The molecular weight excluding hydrogens is 672 g/mol. The molecule has 8 rings (SSSR count). The van der Waals surface area contributed by atoms with Gasteiger partial charge in [0.15, 0.2) is 0 Å². The van der Waals surface area contributed by atoms with Gasteiger partial charge in [-0.3, -0.25) is 19.9 Å². The molecule has 6 heterocycles. The number of hydrogen-bond donors (Lipinski definition) is 1. The van der Waals surface area contributed by atoms with Crippen molar-refractivity contribution in [3.63, 3.8) is 0 Å². The number of hydrogen-bond acceptors (Lipinski definition) is 11. The zero-order chi connectivity index (χ0) is 36.6. The minimum absolute atomic E-state index is 0.0464. The largest absolute Gasteiger partial charge is 0.492 e. The van der Waals surface area contributed by atoms with Gasteiger partial charge >= 0.3 is 6.09 Å². The van der Waals surface area contributed by atoms with Crippen LogP contribution in [0.1, 0.15) is 69.4 Å². The summed E-state index contributed by atoms with van der Waals surface area (Å²) in [4.78, 5) is 30.8. The van der Waals surface area contributed by atoms with E-state index in [4.69, 9.17) is 23.7 Å². The van der Waals surface area contributed by atoms with Gasteiger partial charge < -0.3 is 33.9 Å². The van der Waals surface area contributed by atoms with Crippen LogP contribution in [-0.4, -0.2) is 88.1 Å². The van der Waals surface area contributed by atoms with Gasteiger partial charge in [0.25, 0.3) is 0 Å². The number of likely N-dealkylation sites (tertiary alicyclic amines) is 1. The van der Waals surface area contributed by atoms with Crippen molar-refractivity contribution >= 4 is 6.09 Å². The molecule has 0 bridgehead atoms. The monoisotopic (exact) mass is 722 g/mol. The van der Waals surface area contributed by atoms with E-state index >= 15 is 0 Å². The Kier molecular flexibility index (Phi) is 11.5. The number of nitrogens with one attached hydrogen (secondary N) is 1. The lowest BCUT2D eigenvalue weighted by Crippen LogP contribution is -2.55. The van der Waals surface area contributed by atoms with Gasteiger partial charge in [0.05, 0.1) is 44.0 Å². The Balaban J connectivity index is 0.000000170. The molecule has 2 saturated carbocycles. The summed E-state index contributed by atoms with van der Waals surface area (Å²) in [6.45, 7) is 10.0. The summed E-state index contributed by atoms with van der Waals surface area (Å²) in [6.07, 6.45) is 18.4. The second-order valence-electron chi connectivity index (χ2n) is 15.3. The van der Waals surface area contributed by atoms with Crippen molar-refractivity contribution in [2.45, 2.75) is 76.0 Å². The quantitative estimate of drug-likeness (QED) is 0.154. The lowest BCUT2D eigenvalue weighted by Gasteiger charge is -2.40. The summed E-state index contributed by atoms with van der Waals surface area (Å²) < 4.78 is 28.8. The Morgan fingerprint density at radius 3 is 1.70 bits per heavy atom. The molecule has 4 fully saturated rings. The molecule has 2 saturated heterocycles. The van der Waals surface area contributed by atoms with Crippen molar-refractivity contribution in [1.82, 2.24) is 30.2 Å². The van der Waals surface area contributed by atoms with Gasteiger partial charge in [0.1, 0.15) is 41.8 Å². The summed E-state index contributed by atoms with van der Waals surface area (Å²) in [5.74, 6) is 5.26. The summed E-state index contributed by atoms with van der Waals surface area (Å²) in [6, 6.07) is 12.3. The van der Waals surface area contributed by atoms with Crippen molar-refractivity contribution in [1.29, 1.82) is 0 Å². The Bertz CT molecular complexity index is 1770. The molecule has 12 nitrogen and oxygen atoms in total. The smallest absolute Gasteiger partial charge is 0.410 e. The maximum absolute atomic E-state index is 12.2. The van der Waals surface area contributed by atoms with Gasteiger partial charge in [-0.2, -0.15) is 0 Å². The summed E-state index contributed by atoms with van der Waals surface area (Å²) in [5, 5.41) is 3.34. The van der Waals surface area contributed by atoms with Crippen LogP contribution in [0.4, 0.5) is 4.79 Å². The van der Waals surface area contributed by atoms with Crippen LogP contribution >= 0.6 is 0 Å². The van der Waals surface area contributed by atoms with Gasteiger partial charge in [-0.05, 0) is 112 Å². The van der Waals surface area contributed by atoms with Crippen LogP contribution in [0.15, 0.2) is 86.0 Å². The third-order valence-corrected chi connectivity index (χ3v) is 9.96. The molecule has 2 aliphatic carbocycles. The number of pyridine rings is 4. The molecule has 12 heteroatoms. The van der Waals surface area contributed by atoms with E-state index in [2.05, 4.69) is 37.4 Å². The van der Waals surface area contributed by atoms with Crippen LogP contribution in [0.2, 0.25) is 0 Å². The molecule has 0 unspecified atom stereocenters. The van der Waals surface area contributed by atoms with Crippen LogP contribution in [-0.2, 0) is 4.74 Å². The Morgan fingerprint density at radius 1 is 0.717 bits per heavy atom. The predicted molar refractivity (Wildman–Crippen MR) is 198 cm³/mol. The number of ether oxygens (including phenoxy) is 5. The van der Waals surface area contributed by atoms with E-state index in [-0.39, 0.29) is 12.1 Å². The van der Waals surface area contributed by atoms with Crippen molar-refractivity contribution in [2.75, 3.05) is 39.5 Å². The second-order valence-corrected chi connectivity index (χ2v) is 15.3. The number of rotatable bonds is 14. The molecule has 4 aromatic heterocycles. The maximum atomic E-state index is 12.2. The van der Waals surface area contributed by atoms with Crippen LogP contribution < -0.4 is 24.3 Å². The highest BCUT2D eigenvalue weighted by molar-refractivity contribution is 5.69. The second kappa shape index (κ2) is 16.8. The Labute approximate surface area is 311 Å². The molecule has 280 valence electrons. The first-order valence-electron chi connectivity index (χ1n) is 18.7. The van der Waals surface area contributed by atoms with Crippen molar-refractivity contribution in [3.05, 3.63) is 97.1 Å². The van der Waals surface area contributed by atoms with E-state index in [9.17, 15) is 4.79 Å². The minimum atomic E-state index is -0.488. The molecular formula is C41H50N6O6. The number of aromatic nitrogens is 4. The molecule has 1 amide bonds. The third kappa shape index (κ3) is 10.6. The van der Waals surface area contributed by atoms with Crippen molar-refractivity contribution in [3.8, 4) is 23.0 Å². The number of carbonyl (C=O) groups is 1. The standard InChI is InChI=1S/C23H29N3O4.C18H21N3O2/c1-23(2,3)30-22(27)26-8-6-18(26)15-29-20-9-16(11-25-13-20)21-10-17(21)14-28-19-5-4-7-24-12-19;1-2-16(9-19-4-1)22-11-14-7-18(14)13-6-17(10-20-8-13)23-12-15-3-5-21-15/h4-5,7,9,11-13,17-18,21H,6,8,10,14-15H2,1-3H3;1-2,4,6,8-10,14-15,18,21H,3,5,7,11-12H2/t17-,18+,21-;14-,15+,18-/m11/s1. The zero-order valence-electron chi connectivity index (χ0n) is 30.8. The number of amides is 1. The zero-order valence-corrected chi connectivity index (χ0v) is 30.8. The molecule has 53 heavy (non-hydrogen) atoms. The first kappa shape index (κ1) is 36.4. The van der Waals surface area contributed by atoms with Gasteiger partial charge in [0.2, 0.25) is 0 Å². The maximum Gasteiger partial charge on any atom is 0.410 e. The average Bonchev–Trinajstić information content (AvgIpc) is 4.06. The van der Waals surface area contributed by atoms with Crippen LogP contribution in [0.5, 0.6) is 23.0 Å². The lowest BCUT2D eigenvalue weighted by atomic mass is 10.1. The summed E-state index contributed by atoms with van der Waals surface area (Å²) >= 11 is 0. The highest BCUT2D eigenvalue weighted by Gasteiger charge is 2.40. The fourth-order valence-electron chi connectivity index (χ4n) is 6.44. The first-order chi connectivity index (χ1) is 25.8. The summed E-state index contributed by atoms with van der Waals surface area (Å²) in [7, 11) is 0. The molecule has 0 radical (unpaired) electrons. The van der Waals surface area contributed by atoms with Gasteiger partial charge in [-0.15, -0.1) is 0 Å². The number of nitrogens with zero attached hydrogens (tertiary/aromatic N) is 5. The van der Waals surface area contributed by atoms with E-state index in [1.165, 1.54) is 17.5 Å². The van der Waals surface area contributed by atoms with Gasteiger partial charge in [-0.25, -0.2) is 4.79 Å². The molecule has 6 atom stereocenters. The molecule has 4 aliphatic rings. The van der Waals surface area contributed by atoms with Crippen molar-refractivity contribution < 1.29 is 28.5 Å². The fraction of sp³-hybridized carbons (Fsp3) is 0.488. The molecule has 0 aromatic carbocycles. The van der Waals surface area contributed by atoms with E-state index < -0.39 is 5.60 Å². The van der Waals surface area contributed by atoms with Crippen LogP contribution in [0.25, 0.3) is 0 Å². The fourth-order valence-corrected chi connectivity index (χ4v) is 6.44. The van der Waals surface area contributed by atoms with E-state index in [1.807, 2.05) is 57.4 Å².